The molecule has 13 nitrogen and oxygen atoms in total. The molecule has 23 heavy (non-hydrogen) atoms. The minimum absolute atomic E-state index is 0.179. The molecule has 1 aliphatic rings. The quantitative estimate of drug-likeness (QED) is 0.368. The fourth-order valence-corrected chi connectivity index (χ4v) is 2.31. The van der Waals surface area contributed by atoms with Crippen molar-refractivity contribution in [2.75, 3.05) is 0 Å². The molecule has 130 valence electrons. The minimum Gasteiger partial charge on any atom is -0.325 e. The second kappa shape index (κ2) is 6.57. The first kappa shape index (κ1) is 18.9. The predicted molar refractivity (Wildman–Crippen MR) is 64.8 cm³/mol. The molecule has 0 saturated carbocycles. The third-order valence-electron chi connectivity index (χ3n) is 2.42. The van der Waals surface area contributed by atoms with Crippen LogP contribution < -0.4 is 0 Å². The van der Waals surface area contributed by atoms with Crippen LogP contribution >= 0.6 is 0 Å². The van der Waals surface area contributed by atoms with E-state index < -0.39 is 57.0 Å². The molecule has 0 aromatic rings. The summed E-state index contributed by atoms with van der Waals surface area (Å²) in [6.07, 6.45) is -2.02. The number of likely N-dealkylation sites (tertiary alicyclic amines) is 1. The molecule has 1 heterocycles. The van der Waals surface area contributed by atoms with E-state index in [2.05, 4.69) is 8.37 Å². The summed E-state index contributed by atoms with van der Waals surface area (Å²) >= 11 is 0. The largest absolute Gasteiger partial charge is 0.449 e. The summed E-state index contributed by atoms with van der Waals surface area (Å²) in [6.45, 7) is 0. The van der Waals surface area contributed by atoms with Gasteiger partial charge in [0, 0.05) is 12.8 Å². The Bertz CT molecular complexity index is 734. The fraction of sp³-hybridized carbons (Fsp3) is 0.500. The van der Waals surface area contributed by atoms with Crippen LogP contribution in [0.4, 0.5) is 0 Å². The highest BCUT2D eigenvalue weighted by Crippen LogP contribution is 2.20. The zero-order chi connectivity index (χ0) is 18.0. The molecule has 2 amide bonds. The third kappa shape index (κ3) is 5.89. The van der Waals surface area contributed by atoms with Gasteiger partial charge in [0.2, 0.25) is 11.8 Å². The van der Waals surface area contributed by atoms with E-state index in [-0.39, 0.29) is 17.7 Å². The van der Waals surface area contributed by atoms with Gasteiger partial charge >= 0.3 is 32.7 Å². The number of hydrogen-bond donors (Lipinski definition) is 2. The first-order chi connectivity index (χ1) is 10.3. The van der Waals surface area contributed by atoms with Gasteiger partial charge in [0.15, 0.2) is 0 Å². The Kier molecular flexibility index (Phi) is 5.41. The van der Waals surface area contributed by atoms with Crippen molar-refractivity contribution in [2.45, 2.75) is 25.3 Å². The zero-order valence-corrected chi connectivity index (χ0v) is 12.6. The summed E-state index contributed by atoms with van der Waals surface area (Å²) in [7, 11) is -10.6. The second-order valence-electron chi connectivity index (χ2n) is 4.09. The van der Waals surface area contributed by atoms with Crippen LogP contribution in [0.2, 0.25) is 0 Å². The van der Waals surface area contributed by atoms with Gasteiger partial charge in [-0.15, -0.1) is 0 Å². The lowest BCUT2D eigenvalue weighted by molar-refractivity contribution is -0.155. The maximum Gasteiger partial charge on any atom is 0.449 e. The average molecular weight is 375 g/mol. The second-order valence-corrected chi connectivity index (χ2v) is 6.13. The van der Waals surface area contributed by atoms with Crippen LogP contribution in [0.1, 0.15) is 19.3 Å². The number of hydrogen-bond acceptors (Lipinski definition) is 10. The molecule has 1 fully saturated rings. The minimum atomic E-state index is -5.32. The molecule has 1 saturated heterocycles. The third-order valence-corrected chi connectivity index (χ3v) is 3.19. The lowest BCUT2D eigenvalue weighted by Gasteiger charge is -2.22. The van der Waals surface area contributed by atoms with Crippen molar-refractivity contribution >= 4 is 44.6 Å². The van der Waals surface area contributed by atoms with Gasteiger partial charge in [-0.2, -0.15) is 16.8 Å². The summed E-state index contributed by atoms with van der Waals surface area (Å²) in [6, 6.07) is -2.20. The molecule has 1 unspecified atom stereocenters. The number of nitrogens with zero attached hydrogens (tertiary/aromatic N) is 1. The number of rotatable bonds is 6. The molecule has 0 aliphatic carbocycles. The van der Waals surface area contributed by atoms with Gasteiger partial charge in [0.05, 0.1) is 6.42 Å². The molecule has 2 N–H and O–H groups in total. The van der Waals surface area contributed by atoms with Crippen molar-refractivity contribution in [1.29, 1.82) is 0 Å². The van der Waals surface area contributed by atoms with Crippen LogP contribution in [0.3, 0.4) is 0 Å². The van der Waals surface area contributed by atoms with Crippen LogP contribution in [-0.2, 0) is 48.3 Å². The van der Waals surface area contributed by atoms with E-state index in [1.54, 1.807) is 0 Å². The van der Waals surface area contributed by atoms with E-state index in [0.29, 0.717) is 0 Å². The lowest BCUT2D eigenvalue weighted by atomic mass is 10.2. The van der Waals surface area contributed by atoms with E-state index in [4.69, 9.17) is 9.11 Å². The molecule has 0 bridgehead atoms. The van der Waals surface area contributed by atoms with E-state index in [1.807, 2.05) is 0 Å². The van der Waals surface area contributed by atoms with Crippen LogP contribution in [0.5, 0.6) is 0 Å². The summed E-state index contributed by atoms with van der Waals surface area (Å²) in [5.74, 6) is -5.61. The van der Waals surface area contributed by atoms with Crippen molar-refractivity contribution in [1.82, 2.24) is 4.90 Å². The average Bonchev–Trinajstić information content (AvgIpc) is 2.61. The van der Waals surface area contributed by atoms with Crippen molar-refractivity contribution in [3.63, 3.8) is 0 Å². The van der Waals surface area contributed by atoms with Crippen molar-refractivity contribution in [3.05, 3.63) is 0 Å². The molecule has 1 atom stereocenters. The fourth-order valence-electron chi connectivity index (χ4n) is 1.69. The highest BCUT2D eigenvalue weighted by molar-refractivity contribution is 7.81. The monoisotopic (exact) mass is 375 g/mol. The first-order valence-electron chi connectivity index (χ1n) is 5.55. The van der Waals surface area contributed by atoms with Gasteiger partial charge in [-0.3, -0.25) is 28.4 Å². The topological polar surface area (TPSA) is 199 Å². The molecule has 0 aromatic heterocycles. The smallest absolute Gasteiger partial charge is 0.325 e. The Hall–Kier alpha value is -2.10. The number of amides is 2. The maximum atomic E-state index is 11.6. The molecular formula is C8H9NO12S2. The summed E-state index contributed by atoms with van der Waals surface area (Å²) in [5.41, 5.74) is 0. The normalized spacial score (nSPS) is 17.0. The van der Waals surface area contributed by atoms with Gasteiger partial charge in [-0.1, -0.05) is 0 Å². The maximum absolute atomic E-state index is 11.6. The molecule has 0 radical (unpaired) electrons. The van der Waals surface area contributed by atoms with Gasteiger partial charge in [0.1, 0.15) is 6.04 Å². The van der Waals surface area contributed by atoms with E-state index in [1.165, 1.54) is 0 Å². The SMILES string of the molecule is O=C(CC(C(=O)OS(=O)(=O)O)N1C(=O)CCC1=O)OS(=O)(=O)O. The Morgan fingerprint density at radius 3 is 1.83 bits per heavy atom. The summed E-state index contributed by atoms with van der Waals surface area (Å²) < 4.78 is 65.6. The molecule has 15 heteroatoms. The molecule has 0 spiro atoms. The van der Waals surface area contributed by atoms with Gasteiger partial charge in [0.25, 0.3) is 0 Å². The van der Waals surface area contributed by atoms with E-state index in [0.717, 1.165) is 0 Å². The predicted octanol–water partition coefficient (Wildman–Crippen LogP) is -2.41. The highest BCUT2D eigenvalue weighted by atomic mass is 32.3. The Morgan fingerprint density at radius 1 is 1.00 bits per heavy atom. The van der Waals surface area contributed by atoms with Crippen LogP contribution in [-0.4, -0.2) is 60.6 Å². The molecule has 0 aromatic carbocycles. The standard InChI is InChI=1S/C8H9NO12S2/c10-5-1-2-6(11)9(5)4(8(13)21-23(17,18)19)3-7(12)20-22(14,15)16/h4H,1-3H2,(H,14,15,16)(H,17,18,19). The van der Waals surface area contributed by atoms with Crippen LogP contribution in [0.25, 0.3) is 0 Å². The van der Waals surface area contributed by atoms with Crippen molar-refractivity contribution < 1.29 is 53.5 Å². The number of carbonyl (C=O) groups excluding carboxylic acids is 4. The van der Waals surface area contributed by atoms with Gasteiger partial charge in [-0.05, 0) is 0 Å². The first-order valence-corrected chi connectivity index (χ1v) is 8.28. The summed E-state index contributed by atoms with van der Waals surface area (Å²) in [4.78, 5) is 46.1. The molecular weight excluding hydrogens is 366 g/mol. The van der Waals surface area contributed by atoms with Crippen LogP contribution in [0, 0.1) is 0 Å². The van der Waals surface area contributed by atoms with Gasteiger partial charge in [-0.25, -0.2) is 4.79 Å². The zero-order valence-electron chi connectivity index (χ0n) is 10.9. The van der Waals surface area contributed by atoms with E-state index >= 15 is 0 Å². The van der Waals surface area contributed by atoms with Crippen molar-refractivity contribution in [2.24, 2.45) is 0 Å². The van der Waals surface area contributed by atoms with Gasteiger partial charge < -0.3 is 8.37 Å². The summed E-state index contributed by atoms with van der Waals surface area (Å²) in [5, 5.41) is 0. The Balaban J connectivity index is 3.06. The Morgan fingerprint density at radius 2 is 1.43 bits per heavy atom. The van der Waals surface area contributed by atoms with Crippen LogP contribution in [0.15, 0.2) is 0 Å². The Labute approximate surface area is 129 Å². The van der Waals surface area contributed by atoms with Crippen molar-refractivity contribution in [3.8, 4) is 0 Å². The number of carbonyl (C=O) groups is 4. The highest BCUT2D eigenvalue weighted by Gasteiger charge is 2.42. The molecule has 1 rings (SSSR count). The molecule has 1 aliphatic heterocycles. The van der Waals surface area contributed by atoms with E-state index in [9.17, 15) is 36.0 Å². The number of imide groups is 1. The lowest BCUT2D eigenvalue weighted by Crippen LogP contribution is -2.47.